The van der Waals surface area contributed by atoms with Crippen molar-refractivity contribution < 1.29 is 38.4 Å². The average molecular weight is 286 g/mol. The SMILES string of the molecule is O[Si](O)(O)O.O[Si](O)(O)O.[Al].[Al].[Ca]. The van der Waals surface area contributed by atoms with Crippen LogP contribution in [0.4, 0.5) is 0 Å². The van der Waals surface area contributed by atoms with Crippen molar-refractivity contribution in [3.63, 3.8) is 0 Å². The maximum Gasteiger partial charge on any atom is 0.668 e. The Labute approximate surface area is 127 Å². The van der Waals surface area contributed by atoms with Crippen LogP contribution in [0.1, 0.15) is 0 Å². The molecule has 0 saturated carbocycles. The quantitative estimate of drug-likeness (QED) is 0.204. The minimum absolute atomic E-state index is 0. The van der Waals surface area contributed by atoms with E-state index >= 15 is 0 Å². The Kier molecular flexibility index (Phi) is 28.4. The van der Waals surface area contributed by atoms with Crippen molar-refractivity contribution in [2.24, 2.45) is 0 Å². The van der Waals surface area contributed by atoms with Gasteiger partial charge in [0.1, 0.15) is 0 Å². The van der Waals surface area contributed by atoms with Crippen molar-refractivity contribution in [2.75, 3.05) is 0 Å². The Bertz CT molecular complexity index is 63.1. The van der Waals surface area contributed by atoms with Crippen LogP contribution in [0.15, 0.2) is 0 Å². The van der Waals surface area contributed by atoms with Crippen LogP contribution in [0.2, 0.25) is 0 Å². The zero-order chi connectivity index (χ0) is 9.00. The van der Waals surface area contributed by atoms with Gasteiger partial charge in [-0.15, -0.1) is 0 Å². The fourth-order valence-electron chi connectivity index (χ4n) is 0. The molecule has 72 valence electrons. The summed E-state index contributed by atoms with van der Waals surface area (Å²) in [5, 5.41) is 0. The molecule has 0 aromatic heterocycles. The van der Waals surface area contributed by atoms with Crippen LogP contribution in [0.5, 0.6) is 0 Å². The van der Waals surface area contributed by atoms with E-state index in [4.69, 9.17) is 38.4 Å². The van der Waals surface area contributed by atoms with E-state index in [1.54, 1.807) is 0 Å². The Morgan fingerprint density at radius 2 is 0.462 bits per heavy atom. The third-order valence-corrected chi connectivity index (χ3v) is 0. The van der Waals surface area contributed by atoms with Crippen molar-refractivity contribution in [2.45, 2.75) is 0 Å². The molecule has 0 bridgehead atoms. The molecule has 0 amide bonds. The first-order valence-electron chi connectivity index (χ1n) is 1.79. The van der Waals surface area contributed by atoms with E-state index in [2.05, 4.69) is 0 Å². The molecule has 0 saturated heterocycles. The van der Waals surface area contributed by atoms with E-state index in [-0.39, 0.29) is 72.5 Å². The summed E-state index contributed by atoms with van der Waals surface area (Å²) in [6.07, 6.45) is 0. The maximum absolute atomic E-state index is 7.33. The van der Waals surface area contributed by atoms with E-state index in [0.717, 1.165) is 0 Å². The van der Waals surface area contributed by atoms with Crippen molar-refractivity contribution in [1.82, 2.24) is 0 Å². The third-order valence-electron chi connectivity index (χ3n) is 0. The summed E-state index contributed by atoms with van der Waals surface area (Å²) in [5.41, 5.74) is 0. The number of rotatable bonds is 0. The number of hydrogen-bond acceptors (Lipinski definition) is 8. The first-order valence-corrected chi connectivity index (χ1v) is 5.37. The molecule has 13 heteroatoms. The molecule has 0 rings (SSSR count). The molecular weight excluding hydrogens is 278 g/mol. The van der Waals surface area contributed by atoms with E-state index in [1.807, 2.05) is 0 Å². The first kappa shape index (κ1) is 29.5. The number of hydrogen-bond donors (Lipinski definition) is 8. The molecule has 8 radical (unpaired) electrons. The fourth-order valence-corrected chi connectivity index (χ4v) is 0. The fraction of sp³-hybridized carbons (Fsp3) is 0. The smallest absolute Gasteiger partial charge is 0.368 e. The van der Waals surface area contributed by atoms with Crippen molar-refractivity contribution in [1.29, 1.82) is 0 Å². The average Bonchev–Trinajstić information content (AvgIpc) is 1.12. The molecule has 0 atom stereocenters. The molecule has 8 nitrogen and oxygen atoms in total. The molecule has 0 aliphatic rings. The van der Waals surface area contributed by atoms with Gasteiger partial charge < -0.3 is 38.4 Å². The Balaban J connectivity index is -0.0000000267. The summed E-state index contributed by atoms with van der Waals surface area (Å²) in [6.45, 7) is 0. The van der Waals surface area contributed by atoms with Gasteiger partial charge in [0.15, 0.2) is 0 Å². The van der Waals surface area contributed by atoms with Gasteiger partial charge in [-0.25, -0.2) is 0 Å². The molecule has 0 aromatic carbocycles. The first-order chi connectivity index (χ1) is 4.00. The van der Waals surface area contributed by atoms with Crippen LogP contribution < -0.4 is 0 Å². The van der Waals surface area contributed by atoms with E-state index in [1.165, 1.54) is 0 Å². The molecule has 0 aromatic rings. The summed E-state index contributed by atoms with van der Waals surface area (Å²) < 4.78 is 0. The van der Waals surface area contributed by atoms with Gasteiger partial charge >= 0.3 is 18.1 Å². The molecular formula is H8Al2CaO8Si2. The molecule has 0 unspecified atom stereocenters. The van der Waals surface area contributed by atoms with Gasteiger partial charge in [0.25, 0.3) is 0 Å². The Hall–Kier alpha value is 2.44. The second-order valence-electron chi connectivity index (χ2n) is 1.20. The minimum Gasteiger partial charge on any atom is -0.368 e. The molecule has 0 fully saturated rings. The molecule has 0 aliphatic carbocycles. The van der Waals surface area contributed by atoms with Crippen LogP contribution in [-0.2, 0) is 0 Å². The molecule has 0 aliphatic heterocycles. The Morgan fingerprint density at radius 1 is 0.462 bits per heavy atom. The zero-order valence-corrected chi connectivity index (χ0v) is 13.0. The van der Waals surface area contributed by atoms with Gasteiger partial charge in [-0.05, 0) is 0 Å². The summed E-state index contributed by atoms with van der Waals surface area (Å²) in [6, 6.07) is 0. The van der Waals surface area contributed by atoms with Gasteiger partial charge in [0.05, 0.1) is 0 Å². The second kappa shape index (κ2) is 12.5. The Morgan fingerprint density at radius 3 is 0.462 bits per heavy atom. The van der Waals surface area contributed by atoms with Gasteiger partial charge in [-0.1, -0.05) is 0 Å². The van der Waals surface area contributed by atoms with Crippen LogP contribution in [0.25, 0.3) is 0 Å². The van der Waals surface area contributed by atoms with Crippen LogP contribution in [-0.4, -0.2) is 129 Å². The van der Waals surface area contributed by atoms with Gasteiger partial charge in [-0.3, -0.25) is 0 Å². The van der Waals surface area contributed by atoms with Gasteiger partial charge in [0.2, 0.25) is 0 Å². The van der Waals surface area contributed by atoms with Crippen LogP contribution in [0.3, 0.4) is 0 Å². The van der Waals surface area contributed by atoms with Crippen LogP contribution >= 0.6 is 0 Å². The predicted molar refractivity (Wildman–Crippen MR) is 46.5 cm³/mol. The summed E-state index contributed by atoms with van der Waals surface area (Å²) >= 11 is 0. The predicted octanol–water partition coefficient (Wildman–Crippen LogP) is -6.36. The minimum atomic E-state index is -4.61. The van der Waals surface area contributed by atoms with E-state index in [9.17, 15) is 0 Å². The molecule has 8 N–H and O–H groups in total. The monoisotopic (exact) mass is 286 g/mol. The van der Waals surface area contributed by atoms with Crippen molar-refractivity contribution in [3.8, 4) is 0 Å². The van der Waals surface area contributed by atoms with E-state index in [0.29, 0.717) is 0 Å². The molecule has 0 spiro atoms. The van der Waals surface area contributed by atoms with Crippen molar-refractivity contribution >= 4 is 90.6 Å². The van der Waals surface area contributed by atoms with Gasteiger partial charge in [0, 0.05) is 72.5 Å². The second-order valence-corrected chi connectivity index (χ2v) is 3.60. The molecule has 0 heterocycles. The zero-order valence-electron chi connectivity index (χ0n) is 6.44. The van der Waals surface area contributed by atoms with Crippen molar-refractivity contribution in [3.05, 3.63) is 0 Å². The maximum atomic E-state index is 7.33. The van der Waals surface area contributed by atoms with E-state index < -0.39 is 18.1 Å². The summed E-state index contributed by atoms with van der Waals surface area (Å²) in [7, 11) is -9.22. The van der Waals surface area contributed by atoms with Gasteiger partial charge in [-0.2, -0.15) is 0 Å². The third kappa shape index (κ3) is 376. The van der Waals surface area contributed by atoms with Crippen LogP contribution in [0, 0.1) is 0 Å². The summed E-state index contributed by atoms with van der Waals surface area (Å²) in [5.74, 6) is 0. The normalized spacial score (nSPS) is 9.23. The standard InChI is InChI=1S/2Al.Ca.2H4O4Si/c;;;2*1-5(2,3)4/h;;;2*1-4H. The largest absolute Gasteiger partial charge is 0.668 e. The molecule has 13 heavy (non-hydrogen) atoms. The topological polar surface area (TPSA) is 162 Å². The summed E-state index contributed by atoms with van der Waals surface area (Å²) in [4.78, 5) is 58.6.